The molecule has 0 aromatic carbocycles. The smallest absolute Gasteiger partial charge is 0.246 e. The summed E-state index contributed by atoms with van der Waals surface area (Å²) in [5.74, 6) is -0.353. The topological polar surface area (TPSA) is 58.6 Å². The Balaban J connectivity index is 2.22. The van der Waals surface area contributed by atoms with Gasteiger partial charge < -0.3 is 15.0 Å². The summed E-state index contributed by atoms with van der Waals surface area (Å²) in [6.45, 7) is 11.6. The molecule has 1 N–H and O–H groups in total. The van der Waals surface area contributed by atoms with E-state index in [0.717, 1.165) is 25.9 Å². The summed E-state index contributed by atoms with van der Waals surface area (Å²) in [7, 11) is 0. The molecule has 0 aromatic rings. The van der Waals surface area contributed by atoms with Crippen molar-refractivity contribution in [3.63, 3.8) is 0 Å². The minimum atomic E-state index is -0.217. The van der Waals surface area contributed by atoms with Gasteiger partial charge in [-0.3, -0.25) is 9.59 Å². The predicted octanol–water partition coefficient (Wildman–Crippen LogP) is 1.73. The first-order chi connectivity index (χ1) is 9.88. The molecule has 0 aromatic heterocycles. The summed E-state index contributed by atoms with van der Waals surface area (Å²) in [5.41, 5.74) is 0.270. The molecule has 1 heterocycles. The fourth-order valence-electron chi connectivity index (χ4n) is 2.35. The van der Waals surface area contributed by atoms with Crippen LogP contribution < -0.4 is 5.32 Å². The number of rotatable bonds is 7. The van der Waals surface area contributed by atoms with E-state index in [1.807, 2.05) is 6.92 Å². The molecule has 5 nitrogen and oxygen atoms in total. The molecule has 0 aliphatic carbocycles. The molecule has 120 valence electrons. The summed E-state index contributed by atoms with van der Waals surface area (Å²) in [5, 5.41) is 2.85. The van der Waals surface area contributed by atoms with Gasteiger partial charge in [0.15, 0.2) is 0 Å². The number of carbonyl (C=O) groups excluding carboxylic acids is 2. The predicted molar refractivity (Wildman–Crippen MR) is 82.8 cm³/mol. The summed E-state index contributed by atoms with van der Waals surface area (Å²) >= 11 is 0. The van der Waals surface area contributed by atoms with Gasteiger partial charge in [-0.25, -0.2) is 0 Å². The summed E-state index contributed by atoms with van der Waals surface area (Å²) in [4.78, 5) is 24.7. The van der Waals surface area contributed by atoms with Crippen LogP contribution in [0.25, 0.3) is 0 Å². The van der Waals surface area contributed by atoms with Crippen molar-refractivity contribution in [3.8, 4) is 0 Å². The van der Waals surface area contributed by atoms with E-state index in [2.05, 4.69) is 25.7 Å². The maximum Gasteiger partial charge on any atom is 0.246 e. The van der Waals surface area contributed by atoms with Gasteiger partial charge in [-0.15, -0.1) is 0 Å². The zero-order valence-corrected chi connectivity index (χ0v) is 13.5. The first-order valence-electron chi connectivity index (χ1n) is 7.67. The first-order valence-corrected chi connectivity index (χ1v) is 7.67. The molecule has 1 saturated heterocycles. The molecule has 1 aliphatic heterocycles. The summed E-state index contributed by atoms with van der Waals surface area (Å²) in [6.07, 6.45) is 4.48. The van der Waals surface area contributed by atoms with Crippen LogP contribution in [0, 0.1) is 5.41 Å². The summed E-state index contributed by atoms with van der Waals surface area (Å²) < 4.78 is 5.80. The Hall–Kier alpha value is -1.36. The largest absolute Gasteiger partial charge is 0.378 e. The Morgan fingerprint density at radius 2 is 2.19 bits per heavy atom. The maximum atomic E-state index is 11.8. The molecule has 21 heavy (non-hydrogen) atoms. The number of hydrogen-bond acceptors (Lipinski definition) is 3. The van der Waals surface area contributed by atoms with Crippen molar-refractivity contribution in [2.45, 2.75) is 46.1 Å². The average Bonchev–Trinajstić information content (AvgIpc) is 2.45. The quantitative estimate of drug-likeness (QED) is 0.728. The third-order valence-corrected chi connectivity index (χ3v) is 3.84. The van der Waals surface area contributed by atoms with Crippen molar-refractivity contribution in [3.05, 3.63) is 12.7 Å². The van der Waals surface area contributed by atoms with Gasteiger partial charge in [-0.05, 0) is 37.7 Å². The van der Waals surface area contributed by atoms with Crippen LogP contribution in [0.2, 0.25) is 0 Å². The molecular weight excluding hydrogens is 268 g/mol. The van der Waals surface area contributed by atoms with Crippen LogP contribution in [-0.2, 0) is 14.3 Å². The molecule has 0 radical (unpaired) electrons. The Labute approximate surface area is 127 Å². The molecule has 1 atom stereocenters. The van der Waals surface area contributed by atoms with Crippen molar-refractivity contribution in [1.29, 1.82) is 0 Å². The van der Waals surface area contributed by atoms with Crippen molar-refractivity contribution >= 4 is 11.8 Å². The van der Waals surface area contributed by atoms with E-state index in [4.69, 9.17) is 4.74 Å². The van der Waals surface area contributed by atoms with Gasteiger partial charge in [-0.2, -0.15) is 0 Å². The Kier molecular flexibility index (Phi) is 6.89. The number of nitrogens with zero attached hydrogens (tertiary/aromatic N) is 1. The molecule has 0 spiro atoms. The lowest BCUT2D eigenvalue weighted by atomic mass is 9.85. The number of hydrogen-bond donors (Lipinski definition) is 1. The normalized spacial score (nSPS) is 20.6. The van der Waals surface area contributed by atoms with Gasteiger partial charge in [0.1, 0.15) is 0 Å². The minimum Gasteiger partial charge on any atom is -0.378 e. The molecule has 5 heteroatoms. The lowest BCUT2D eigenvalue weighted by Gasteiger charge is -2.34. The van der Waals surface area contributed by atoms with Crippen LogP contribution in [0.1, 0.15) is 40.0 Å². The maximum absolute atomic E-state index is 11.8. The van der Waals surface area contributed by atoms with E-state index < -0.39 is 0 Å². The van der Waals surface area contributed by atoms with E-state index in [9.17, 15) is 9.59 Å². The molecule has 1 fully saturated rings. The minimum absolute atomic E-state index is 0.0832. The van der Waals surface area contributed by atoms with Crippen LogP contribution in [0.4, 0.5) is 0 Å². The van der Waals surface area contributed by atoms with Gasteiger partial charge in [0.25, 0.3) is 0 Å². The lowest BCUT2D eigenvalue weighted by Crippen LogP contribution is -2.41. The molecule has 1 unspecified atom stereocenters. The number of nitrogens with one attached hydrogen (secondary N) is 1. The number of likely N-dealkylation sites (N-methyl/N-ethyl adjacent to an activating group) is 1. The van der Waals surface area contributed by atoms with E-state index in [0.29, 0.717) is 13.1 Å². The highest BCUT2D eigenvalue weighted by Gasteiger charge is 2.27. The van der Waals surface area contributed by atoms with Gasteiger partial charge >= 0.3 is 0 Å². The van der Waals surface area contributed by atoms with Crippen LogP contribution in [0.5, 0.6) is 0 Å². The van der Waals surface area contributed by atoms with Crippen LogP contribution in [-0.4, -0.2) is 49.1 Å². The average molecular weight is 296 g/mol. The van der Waals surface area contributed by atoms with E-state index >= 15 is 0 Å². The molecule has 0 bridgehead atoms. The zero-order valence-electron chi connectivity index (χ0n) is 13.5. The summed E-state index contributed by atoms with van der Waals surface area (Å²) in [6, 6.07) is 0. The second kappa shape index (κ2) is 8.17. The van der Waals surface area contributed by atoms with Crippen molar-refractivity contribution < 1.29 is 14.3 Å². The second-order valence-electron chi connectivity index (χ2n) is 6.33. The fourth-order valence-corrected chi connectivity index (χ4v) is 2.35. The van der Waals surface area contributed by atoms with Crippen LogP contribution >= 0.6 is 0 Å². The Morgan fingerprint density at radius 1 is 1.48 bits per heavy atom. The fraction of sp³-hybridized carbons (Fsp3) is 0.750. The highest BCUT2D eigenvalue weighted by molar-refractivity contribution is 5.90. The van der Waals surface area contributed by atoms with Crippen LogP contribution in [0.3, 0.4) is 0 Å². The van der Waals surface area contributed by atoms with E-state index in [-0.39, 0.29) is 29.9 Å². The number of amides is 2. The molecular formula is C16H28N2O3. The van der Waals surface area contributed by atoms with Gasteiger partial charge in [-0.1, -0.05) is 20.4 Å². The molecule has 2 amide bonds. The third-order valence-electron chi connectivity index (χ3n) is 3.84. The Morgan fingerprint density at radius 3 is 2.71 bits per heavy atom. The van der Waals surface area contributed by atoms with Crippen molar-refractivity contribution in [2.24, 2.45) is 5.41 Å². The molecule has 0 saturated carbocycles. The monoisotopic (exact) mass is 296 g/mol. The standard InChI is InChI=1S/C16H28N2O3/c1-5-15(20)18(6-2)11-14(19)17-10-8-13-7-9-16(3,4)12-21-13/h5,13H,1,6-12H2,2-4H3,(H,17,19). The van der Waals surface area contributed by atoms with Gasteiger partial charge in [0.2, 0.25) is 11.8 Å². The number of ether oxygens (including phenoxy) is 1. The highest BCUT2D eigenvalue weighted by Crippen LogP contribution is 2.30. The van der Waals surface area contributed by atoms with E-state index in [1.54, 1.807) is 0 Å². The molecule has 1 rings (SSSR count). The van der Waals surface area contributed by atoms with Crippen LogP contribution in [0.15, 0.2) is 12.7 Å². The van der Waals surface area contributed by atoms with Gasteiger partial charge in [0.05, 0.1) is 19.3 Å². The molecule has 1 aliphatic rings. The van der Waals surface area contributed by atoms with Gasteiger partial charge in [0, 0.05) is 13.1 Å². The SMILES string of the molecule is C=CC(=O)N(CC)CC(=O)NCCC1CCC(C)(C)CO1. The zero-order chi connectivity index (χ0) is 15.9. The van der Waals surface area contributed by atoms with Crippen molar-refractivity contribution in [2.75, 3.05) is 26.2 Å². The first kappa shape index (κ1) is 17.7. The highest BCUT2D eigenvalue weighted by atomic mass is 16.5. The van der Waals surface area contributed by atoms with Crippen molar-refractivity contribution in [1.82, 2.24) is 10.2 Å². The van der Waals surface area contributed by atoms with E-state index in [1.165, 1.54) is 11.0 Å². The lowest BCUT2D eigenvalue weighted by molar-refractivity contribution is -0.132. The second-order valence-corrected chi connectivity index (χ2v) is 6.33. The Bertz CT molecular complexity index is 370. The third kappa shape index (κ3) is 6.29. The number of carbonyl (C=O) groups is 2.